The Bertz CT molecular complexity index is 530. The lowest BCUT2D eigenvalue weighted by Gasteiger charge is -2.33. The molecule has 1 saturated heterocycles. The standard InChI is InChI=1S/C14H20N4O2/c1-16(2)14(19)13-10-18(4-5-20-13)9-11-6-12(7-15)17(3)8-11/h6,8,13H,4-5,9-10H2,1-3H3. The fraction of sp³-hybridized carbons (Fsp3) is 0.571. The molecule has 0 spiro atoms. The van der Waals surface area contributed by atoms with Crippen LogP contribution in [0.1, 0.15) is 11.3 Å². The smallest absolute Gasteiger partial charge is 0.252 e. The number of hydrogen-bond acceptors (Lipinski definition) is 4. The number of nitriles is 1. The van der Waals surface area contributed by atoms with Gasteiger partial charge in [0.25, 0.3) is 5.91 Å². The van der Waals surface area contributed by atoms with Crippen LogP contribution in [-0.4, -0.2) is 60.2 Å². The number of morpholine rings is 1. The molecule has 0 radical (unpaired) electrons. The molecular formula is C14H20N4O2. The number of aromatic nitrogens is 1. The number of amides is 1. The van der Waals surface area contributed by atoms with Gasteiger partial charge in [0.15, 0.2) is 0 Å². The van der Waals surface area contributed by atoms with Crippen LogP contribution in [0.25, 0.3) is 0 Å². The zero-order chi connectivity index (χ0) is 14.7. The van der Waals surface area contributed by atoms with E-state index >= 15 is 0 Å². The number of rotatable bonds is 3. The fourth-order valence-electron chi connectivity index (χ4n) is 2.37. The minimum absolute atomic E-state index is 0.000440. The summed E-state index contributed by atoms with van der Waals surface area (Å²) in [4.78, 5) is 15.7. The summed E-state index contributed by atoms with van der Waals surface area (Å²) in [6.07, 6.45) is 1.56. The highest BCUT2D eigenvalue weighted by atomic mass is 16.5. The maximum absolute atomic E-state index is 11.9. The van der Waals surface area contributed by atoms with Crippen LogP contribution in [-0.2, 0) is 23.1 Å². The van der Waals surface area contributed by atoms with Gasteiger partial charge in [-0.3, -0.25) is 9.69 Å². The van der Waals surface area contributed by atoms with Gasteiger partial charge < -0.3 is 14.2 Å². The third-order valence-corrected chi connectivity index (χ3v) is 3.45. The first kappa shape index (κ1) is 14.6. The van der Waals surface area contributed by atoms with E-state index in [2.05, 4.69) is 11.0 Å². The number of carbonyl (C=O) groups excluding carboxylic acids is 1. The largest absolute Gasteiger partial charge is 0.366 e. The SMILES string of the molecule is CN(C)C(=O)C1CN(Cc2cc(C#N)n(C)c2)CCO1. The van der Waals surface area contributed by atoms with Crippen LogP contribution in [0.5, 0.6) is 0 Å². The zero-order valence-electron chi connectivity index (χ0n) is 12.2. The van der Waals surface area contributed by atoms with Gasteiger partial charge in [0.05, 0.1) is 6.61 Å². The van der Waals surface area contributed by atoms with Crippen molar-refractivity contribution >= 4 is 5.91 Å². The van der Waals surface area contributed by atoms with Gasteiger partial charge in [-0.25, -0.2) is 0 Å². The number of likely N-dealkylation sites (N-methyl/N-ethyl adjacent to an activating group) is 1. The molecule has 108 valence electrons. The second-order valence-corrected chi connectivity index (χ2v) is 5.28. The van der Waals surface area contributed by atoms with Crippen LogP contribution in [0, 0.1) is 11.3 Å². The summed E-state index contributed by atoms with van der Waals surface area (Å²) in [5.74, 6) is 0.000440. The summed E-state index contributed by atoms with van der Waals surface area (Å²) in [6, 6.07) is 4.04. The van der Waals surface area contributed by atoms with Crippen molar-refractivity contribution in [2.45, 2.75) is 12.6 Å². The van der Waals surface area contributed by atoms with Crippen molar-refractivity contribution in [2.75, 3.05) is 33.8 Å². The monoisotopic (exact) mass is 276 g/mol. The van der Waals surface area contributed by atoms with Crippen molar-refractivity contribution < 1.29 is 9.53 Å². The molecule has 1 aromatic rings. The third kappa shape index (κ3) is 3.18. The molecule has 1 unspecified atom stereocenters. The van der Waals surface area contributed by atoms with Crippen LogP contribution < -0.4 is 0 Å². The van der Waals surface area contributed by atoms with Gasteiger partial charge in [-0.15, -0.1) is 0 Å². The minimum Gasteiger partial charge on any atom is -0.366 e. The molecule has 0 aliphatic carbocycles. The molecule has 20 heavy (non-hydrogen) atoms. The fourth-order valence-corrected chi connectivity index (χ4v) is 2.37. The number of aryl methyl sites for hydroxylation is 1. The molecule has 0 aromatic carbocycles. The predicted molar refractivity (Wildman–Crippen MR) is 73.8 cm³/mol. The van der Waals surface area contributed by atoms with Gasteiger partial charge in [0.2, 0.25) is 0 Å². The summed E-state index contributed by atoms with van der Waals surface area (Å²) in [7, 11) is 5.34. The maximum Gasteiger partial charge on any atom is 0.252 e. The maximum atomic E-state index is 11.9. The number of nitrogens with zero attached hydrogens (tertiary/aromatic N) is 4. The van der Waals surface area contributed by atoms with E-state index in [9.17, 15) is 4.79 Å². The molecule has 1 aliphatic heterocycles. The minimum atomic E-state index is -0.391. The molecule has 2 heterocycles. The quantitative estimate of drug-likeness (QED) is 0.790. The Morgan fingerprint density at radius 3 is 2.95 bits per heavy atom. The van der Waals surface area contributed by atoms with E-state index in [0.717, 1.165) is 18.7 Å². The molecule has 1 aliphatic rings. The molecule has 1 fully saturated rings. The Balaban J connectivity index is 1.99. The van der Waals surface area contributed by atoms with E-state index in [1.165, 1.54) is 0 Å². The van der Waals surface area contributed by atoms with Crippen molar-refractivity contribution in [3.05, 3.63) is 23.5 Å². The predicted octanol–water partition coefficient (Wildman–Crippen LogP) is 0.186. The Kier molecular flexibility index (Phi) is 4.42. The second-order valence-electron chi connectivity index (χ2n) is 5.28. The lowest BCUT2D eigenvalue weighted by molar-refractivity contribution is -0.147. The topological polar surface area (TPSA) is 61.5 Å². The second kappa shape index (κ2) is 6.07. The highest BCUT2D eigenvalue weighted by Gasteiger charge is 2.27. The van der Waals surface area contributed by atoms with Gasteiger partial charge in [0.1, 0.15) is 17.9 Å². The Labute approximate surface area is 119 Å². The van der Waals surface area contributed by atoms with E-state index in [1.807, 2.05) is 23.9 Å². The summed E-state index contributed by atoms with van der Waals surface area (Å²) in [5, 5.41) is 8.96. The molecule has 0 N–H and O–H groups in total. The molecule has 6 heteroatoms. The number of ether oxygens (including phenoxy) is 1. The van der Waals surface area contributed by atoms with Gasteiger partial charge in [-0.2, -0.15) is 5.26 Å². The Morgan fingerprint density at radius 2 is 2.35 bits per heavy atom. The van der Waals surface area contributed by atoms with Crippen molar-refractivity contribution in [3.8, 4) is 6.07 Å². The Hall–Kier alpha value is -1.84. The molecule has 1 amide bonds. The van der Waals surface area contributed by atoms with E-state index in [0.29, 0.717) is 18.8 Å². The van der Waals surface area contributed by atoms with Crippen molar-refractivity contribution in [3.63, 3.8) is 0 Å². The summed E-state index contributed by atoms with van der Waals surface area (Å²) >= 11 is 0. The van der Waals surface area contributed by atoms with Crippen molar-refractivity contribution in [2.24, 2.45) is 7.05 Å². The van der Waals surface area contributed by atoms with E-state index < -0.39 is 6.10 Å². The lowest BCUT2D eigenvalue weighted by atomic mass is 10.2. The molecular weight excluding hydrogens is 256 g/mol. The zero-order valence-corrected chi connectivity index (χ0v) is 12.2. The average molecular weight is 276 g/mol. The van der Waals surface area contributed by atoms with Crippen molar-refractivity contribution in [1.29, 1.82) is 5.26 Å². The summed E-state index contributed by atoms with van der Waals surface area (Å²) < 4.78 is 7.35. The first-order chi connectivity index (χ1) is 9.51. The lowest BCUT2D eigenvalue weighted by Crippen LogP contribution is -2.49. The first-order valence-electron chi connectivity index (χ1n) is 6.61. The van der Waals surface area contributed by atoms with Gasteiger partial charge >= 0.3 is 0 Å². The van der Waals surface area contributed by atoms with Gasteiger partial charge in [-0.1, -0.05) is 0 Å². The molecule has 0 saturated carbocycles. The van der Waals surface area contributed by atoms with Crippen molar-refractivity contribution in [1.82, 2.24) is 14.4 Å². The first-order valence-corrected chi connectivity index (χ1v) is 6.61. The van der Waals surface area contributed by atoms with E-state index in [1.54, 1.807) is 19.0 Å². The molecule has 1 aromatic heterocycles. The summed E-state index contributed by atoms with van der Waals surface area (Å²) in [5.41, 5.74) is 1.73. The van der Waals surface area contributed by atoms with Crippen LogP contribution in [0.2, 0.25) is 0 Å². The molecule has 6 nitrogen and oxygen atoms in total. The van der Waals surface area contributed by atoms with Gasteiger partial charge in [0, 0.05) is 47.0 Å². The molecule has 0 bridgehead atoms. The van der Waals surface area contributed by atoms with Crippen LogP contribution in [0.4, 0.5) is 0 Å². The van der Waals surface area contributed by atoms with Crippen LogP contribution in [0.3, 0.4) is 0 Å². The highest BCUT2D eigenvalue weighted by molar-refractivity contribution is 5.80. The normalized spacial score (nSPS) is 19.6. The van der Waals surface area contributed by atoms with Crippen LogP contribution in [0.15, 0.2) is 12.3 Å². The van der Waals surface area contributed by atoms with Gasteiger partial charge in [-0.05, 0) is 11.6 Å². The average Bonchev–Trinajstić information content (AvgIpc) is 2.78. The molecule has 2 rings (SSSR count). The number of hydrogen-bond donors (Lipinski definition) is 0. The van der Waals surface area contributed by atoms with Crippen LogP contribution >= 0.6 is 0 Å². The Morgan fingerprint density at radius 1 is 1.60 bits per heavy atom. The number of carbonyl (C=O) groups is 1. The highest BCUT2D eigenvalue weighted by Crippen LogP contribution is 2.13. The third-order valence-electron chi connectivity index (χ3n) is 3.45. The molecule has 1 atom stereocenters. The van der Waals surface area contributed by atoms with E-state index in [4.69, 9.17) is 10.00 Å². The summed E-state index contributed by atoms with van der Waals surface area (Å²) in [6.45, 7) is 2.68. The van der Waals surface area contributed by atoms with E-state index in [-0.39, 0.29) is 5.91 Å².